The van der Waals surface area contributed by atoms with Crippen LogP contribution >= 0.6 is 23.1 Å². The SMILES string of the molecule is CN(CC(=O)N1CCC(C(=O)O)CC1)C(=O)C1SCCc2sccc21. The standard InChI is InChI=1S/C17H22N2O4S2/c1-18(10-14(20)19-6-2-11(3-7-19)17(22)23)16(21)15-12-4-8-24-13(12)5-9-25-15/h4,8,11,15H,2-3,5-7,9-10H2,1H3,(H,22,23). The van der Waals surface area contributed by atoms with E-state index in [1.165, 1.54) is 9.78 Å². The molecule has 1 aromatic heterocycles. The van der Waals surface area contributed by atoms with Crippen LogP contribution in [0.15, 0.2) is 11.4 Å². The molecule has 1 N–H and O–H groups in total. The van der Waals surface area contributed by atoms with Gasteiger partial charge < -0.3 is 14.9 Å². The number of carbonyl (C=O) groups is 3. The van der Waals surface area contributed by atoms with Crippen molar-refractivity contribution in [2.24, 2.45) is 5.92 Å². The first-order valence-corrected chi connectivity index (χ1v) is 10.3. The Morgan fingerprint density at radius 1 is 1.32 bits per heavy atom. The molecule has 3 heterocycles. The van der Waals surface area contributed by atoms with Crippen LogP contribution in [0, 0.1) is 5.92 Å². The Kier molecular flexibility index (Phi) is 5.68. The molecule has 8 heteroatoms. The normalized spacial score (nSPS) is 20.8. The molecule has 1 aromatic rings. The van der Waals surface area contributed by atoms with E-state index in [1.54, 1.807) is 35.0 Å². The third kappa shape index (κ3) is 4.00. The molecule has 0 aliphatic carbocycles. The predicted molar refractivity (Wildman–Crippen MR) is 97.8 cm³/mol. The lowest BCUT2D eigenvalue weighted by Gasteiger charge is -2.32. The molecule has 0 aromatic carbocycles. The summed E-state index contributed by atoms with van der Waals surface area (Å²) in [4.78, 5) is 40.7. The number of hydrogen-bond acceptors (Lipinski definition) is 5. The molecule has 3 rings (SSSR count). The summed E-state index contributed by atoms with van der Waals surface area (Å²) in [5.74, 6) is -0.363. The van der Waals surface area contributed by atoms with Gasteiger partial charge in [-0.2, -0.15) is 0 Å². The van der Waals surface area contributed by atoms with E-state index in [2.05, 4.69) is 0 Å². The van der Waals surface area contributed by atoms with Gasteiger partial charge in [0.05, 0.1) is 12.5 Å². The maximum absolute atomic E-state index is 12.8. The van der Waals surface area contributed by atoms with Crippen molar-refractivity contribution < 1.29 is 19.5 Å². The number of piperidine rings is 1. The van der Waals surface area contributed by atoms with E-state index in [9.17, 15) is 14.4 Å². The van der Waals surface area contributed by atoms with Crippen LogP contribution in [0.3, 0.4) is 0 Å². The van der Waals surface area contributed by atoms with Gasteiger partial charge in [-0.1, -0.05) is 0 Å². The van der Waals surface area contributed by atoms with Crippen LogP contribution in [0.5, 0.6) is 0 Å². The Morgan fingerprint density at radius 2 is 2.04 bits per heavy atom. The van der Waals surface area contributed by atoms with Crippen LogP contribution in [0.2, 0.25) is 0 Å². The van der Waals surface area contributed by atoms with Gasteiger partial charge in [-0.05, 0) is 42.0 Å². The van der Waals surface area contributed by atoms with Crippen molar-refractivity contribution in [2.45, 2.75) is 24.5 Å². The van der Waals surface area contributed by atoms with Crippen molar-refractivity contribution >= 4 is 40.9 Å². The molecule has 1 atom stereocenters. The second-order valence-corrected chi connectivity index (χ2v) is 8.70. The predicted octanol–water partition coefficient (Wildman–Crippen LogP) is 1.86. The first-order chi connectivity index (χ1) is 12.0. The fraction of sp³-hybridized carbons (Fsp3) is 0.588. The summed E-state index contributed by atoms with van der Waals surface area (Å²) in [6.45, 7) is 0.947. The van der Waals surface area contributed by atoms with E-state index >= 15 is 0 Å². The highest BCUT2D eigenvalue weighted by Gasteiger charge is 2.32. The highest BCUT2D eigenvalue weighted by atomic mass is 32.2. The number of carboxylic acid groups (broad SMARTS) is 1. The maximum atomic E-state index is 12.8. The van der Waals surface area contributed by atoms with Crippen molar-refractivity contribution in [1.29, 1.82) is 0 Å². The number of likely N-dealkylation sites (tertiary alicyclic amines) is 1. The minimum absolute atomic E-state index is 0.0295. The van der Waals surface area contributed by atoms with Crippen LogP contribution in [-0.4, -0.2) is 65.1 Å². The van der Waals surface area contributed by atoms with E-state index in [0.29, 0.717) is 25.9 Å². The average molecular weight is 383 g/mol. The maximum Gasteiger partial charge on any atom is 0.306 e. The Labute approximate surface area is 155 Å². The number of amides is 2. The summed E-state index contributed by atoms with van der Waals surface area (Å²) in [6, 6.07) is 2.01. The molecule has 2 amide bonds. The van der Waals surface area contributed by atoms with Crippen molar-refractivity contribution in [3.05, 3.63) is 21.9 Å². The molecule has 136 valence electrons. The Morgan fingerprint density at radius 3 is 2.72 bits per heavy atom. The number of thioether (sulfide) groups is 1. The zero-order chi connectivity index (χ0) is 18.0. The molecule has 0 bridgehead atoms. The summed E-state index contributed by atoms with van der Waals surface area (Å²) in [5, 5.41) is 10.8. The summed E-state index contributed by atoms with van der Waals surface area (Å²) in [6.07, 6.45) is 1.97. The van der Waals surface area contributed by atoms with Crippen LogP contribution in [0.25, 0.3) is 0 Å². The van der Waals surface area contributed by atoms with E-state index in [1.807, 2.05) is 11.4 Å². The average Bonchev–Trinajstić information content (AvgIpc) is 3.09. The Bertz CT molecular complexity index is 667. The lowest BCUT2D eigenvalue weighted by atomic mass is 9.97. The molecule has 2 aliphatic rings. The van der Waals surface area contributed by atoms with Gasteiger partial charge in [0.2, 0.25) is 11.8 Å². The highest BCUT2D eigenvalue weighted by molar-refractivity contribution is 8.00. The molecule has 0 spiro atoms. The minimum Gasteiger partial charge on any atom is -0.481 e. The number of aliphatic carboxylic acids is 1. The van der Waals surface area contributed by atoms with Crippen molar-refractivity contribution in [1.82, 2.24) is 9.80 Å². The third-order valence-electron chi connectivity index (χ3n) is 4.85. The zero-order valence-corrected chi connectivity index (χ0v) is 15.8. The highest BCUT2D eigenvalue weighted by Crippen LogP contribution is 2.40. The number of hydrogen-bond donors (Lipinski definition) is 1. The lowest BCUT2D eigenvalue weighted by Crippen LogP contribution is -2.46. The number of carboxylic acids is 1. The van der Waals surface area contributed by atoms with Crippen LogP contribution < -0.4 is 0 Å². The number of carbonyl (C=O) groups excluding carboxylic acids is 2. The smallest absolute Gasteiger partial charge is 0.306 e. The molecular weight excluding hydrogens is 360 g/mol. The minimum atomic E-state index is -0.791. The van der Waals surface area contributed by atoms with Gasteiger partial charge in [-0.3, -0.25) is 14.4 Å². The molecule has 6 nitrogen and oxygen atoms in total. The first kappa shape index (κ1) is 18.3. The molecular formula is C17H22N2O4S2. The quantitative estimate of drug-likeness (QED) is 0.860. The topological polar surface area (TPSA) is 77.9 Å². The monoisotopic (exact) mass is 382 g/mol. The van der Waals surface area contributed by atoms with Gasteiger partial charge in [-0.25, -0.2) is 0 Å². The van der Waals surface area contributed by atoms with E-state index in [-0.39, 0.29) is 29.5 Å². The molecule has 1 fully saturated rings. The lowest BCUT2D eigenvalue weighted by molar-refractivity contribution is -0.146. The van der Waals surface area contributed by atoms with Crippen molar-refractivity contribution in [2.75, 3.05) is 32.4 Å². The number of nitrogens with zero attached hydrogens (tertiary/aromatic N) is 2. The van der Waals surface area contributed by atoms with Crippen molar-refractivity contribution in [3.63, 3.8) is 0 Å². The largest absolute Gasteiger partial charge is 0.481 e. The van der Waals surface area contributed by atoms with Crippen LogP contribution in [0.1, 0.15) is 28.5 Å². The second kappa shape index (κ2) is 7.78. The van der Waals surface area contributed by atoms with Gasteiger partial charge in [0.15, 0.2) is 0 Å². The van der Waals surface area contributed by atoms with Crippen molar-refractivity contribution in [3.8, 4) is 0 Å². The zero-order valence-electron chi connectivity index (χ0n) is 14.1. The van der Waals surface area contributed by atoms with Gasteiger partial charge in [-0.15, -0.1) is 23.1 Å². The van der Waals surface area contributed by atoms with Gasteiger partial charge in [0.1, 0.15) is 5.25 Å². The number of likely N-dealkylation sites (N-methyl/N-ethyl adjacent to an activating group) is 1. The summed E-state index contributed by atoms with van der Waals surface area (Å²) in [5.41, 5.74) is 1.09. The number of aryl methyl sites for hydroxylation is 1. The van der Waals surface area contributed by atoms with Gasteiger partial charge >= 0.3 is 5.97 Å². The van der Waals surface area contributed by atoms with Gasteiger partial charge in [0.25, 0.3) is 0 Å². The van der Waals surface area contributed by atoms with E-state index in [4.69, 9.17) is 5.11 Å². The molecule has 25 heavy (non-hydrogen) atoms. The third-order valence-corrected chi connectivity index (χ3v) is 7.07. The van der Waals surface area contributed by atoms with E-state index < -0.39 is 5.97 Å². The summed E-state index contributed by atoms with van der Waals surface area (Å²) >= 11 is 3.33. The molecule has 0 radical (unpaired) electrons. The summed E-state index contributed by atoms with van der Waals surface area (Å²) in [7, 11) is 1.67. The van der Waals surface area contributed by atoms with E-state index in [0.717, 1.165) is 17.7 Å². The Hall–Kier alpha value is -1.54. The van der Waals surface area contributed by atoms with Crippen LogP contribution in [-0.2, 0) is 20.8 Å². The van der Waals surface area contributed by atoms with Crippen LogP contribution in [0.4, 0.5) is 0 Å². The fourth-order valence-electron chi connectivity index (χ4n) is 3.31. The fourth-order valence-corrected chi connectivity index (χ4v) is 5.71. The summed E-state index contributed by atoms with van der Waals surface area (Å²) < 4.78 is 0. The second-order valence-electron chi connectivity index (χ2n) is 6.49. The number of fused-ring (bicyclic) bond motifs is 1. The molecule has 1 unspecified atom stereocenters. The molecule has 1 saturated heterocycles. The first-order valence-electron chi connectivity index (χ1n) is 8.40. The van der Waals surface area contributed by atoms with Gasteiger partial charge in [0, 0.05) is 25.0 Å². The molecule has 2 aliphatic heterocycles. The number of rotatable bonds is 4. The number of thiophene rings is 1. The molecule has 0 saturated carbocycles. The Balaban J connectivity index is 1.56.